The fourth-order valence-corrected chi connectivity index (χ4v) is 2.43. The minimum absolute atomic E-state index is 0.354. The largest absolute Gasteiger partial charge is 0.366 e. The number of benzene rings is 1. The first kappa shape index (κ1) is 13.1. The van der Waals surface area contributed by atoms with Gasteiger partial charge in [0.1, 0.15) is 0 Å². The Kier molecular flexibility index (Phi) is 4.37. The number of hydrogen-bond donors (Lipinski definition) is 1. The highest BCUT2D eigenvalue weighted by molar-refractivity contribution is 5.92. The van der Waals surface area contributed by atoms with Gasteiger partial charge >= 0.3 is 0 Å². The van der Waals surface area contributed by atoms with E-state index in [0.29, 0.717) is 5.56 Å². The smallest absolute Gasteiger partial charge is 0.248 e. The molecule has 2 rings (SSSR count). The van der Waals surface area contributed by atoms with E-state index in [1.807, 2.05) is 24.3 Å². The summed E-state index contributed by atoms with van der Waals surface area (Å²) in [6, 6.07) is 8.49. The van der Waals surface area contributed by atoms with Gasteiger partial charge < -0.3 is 5.73 Å². The van der Waals surface area contributed by atoms with Gasteiger partial charge in [0.2, 0.25) is 5.91 Å². The van der Waals surface area contributed by atoms with Crippen molar-refractivity contribution in [3.63, 3.8) is 0 Å². The second-order valence-corrected chi connectivity index (χ2v) is 5.10. The molecule has 1 amide bonds. The average molecular weight is 246 g/mol. The highest BCUT2D eigenvalue weighted by Crippen LogP contribution is 2.22. The number of carbonyl (C=O) groups is 1. The first-order valence-electron chi connectivity index (χ1n) is 6.83. The summed E-state index contributed by atoms with van der Waals surface area (Å²) in [4.78, 5) is 13.5. The van der Waals surface area contributed by atoms with Crippen LogP contribution in [0.4, 0.5) is 0 Å². The average Bonchev–Trinajstić information content (AvgIpc) is 3.09. The minimum atomic E-state index is -0.354. The molecule has 18 heavy (non-hydrogen) atoms. The molecule has 1 fully saturated rings. The molecule has 3 heteroatoms. The third kappa shape index (κ3) is 3.57. The molecule has 0 aromatic heterocycles. The molecular formula is C15H22N2O. The Labute approximate surface area is 109 Å². The number of nitrogens with zero attached hydrogens (tertiary/aromatic N) is 1. The van der Waals surface area contributed by atoms with Crippen molar-refractivity contribution in [2.24, 2.45) is 5.73 Å². The van der Waals surface area contributed by atoms with E-state index < -0.39 is 0 Å². The molecule has 0 spiro atoms. The van der Waals surface area contributed by atoms with Gasteiger partial charge in [-0.1, -0.05) is 25.5 Å². The molecule has 1 aromatic rings. The Bertz CT molecular complexity index is 399. The quantitative estimate of drug-likeness (QED) is 0.750. The van der Waals surface area contributed by atoms with Gasteiger partial charge in [-0.05, 0) is 43.5 Å². The molecule has 1 aromatic carbocycles. The van der Waals surface area contributed by atoms with Crippen molar-refractivity contribution in [1.82, 2.24) is 4.90 Å². The molecule has 3 nitrogen and oxygen atoms in total. The molecule has 1 aliphatic heterocycles. The fraction of sp³-hybridized carbons (Fsp3) is 0.533. The van der Waals surface area contributed by atoms with Crippen LogP contribution in [0.3, 0.4) is 0 Å². The van der Waals surface area contributed by atoms with Crippen molar-refractivity contribution in [2.45, 2.75) is 38.6 Å². The van der Waals surface area contributed by atoms with Crippen LogP contribution in [0.15, 0.2) is 24.3 Å². The number of aryl methyl sites for hydroxylation is 1. The molecule has 1 unspecified atom stereocenters. The third-order valence-electron chi connectivity index (χ3n) is 3.60. The molecule has 0 radical (unpaired) electrons. The van der Waals surface area contributed by atoms with Crippen LogP contribution in [-0.4, -0.2) is 29.9 Å². The number of rotatable bonds is 7. The van der Waals surface area contributed by atoms with Crippen LogP contribution in [0.2, 0.25) is 0 Å². The SMILES string of the molecule is CCC[C@H]1CN1CCCc1ccc(C(N)=O)cc1. The second-order valence-electron chi connectivity index (χ2n) is 5.10. The third-order valence-corrected chi connectivity index (χ3v) is 3.60. The van der Waals surface area contributed by atoms with Crippen LogP contribution in [0, 0.1) is 0 Å². The van der Waals surface area contributed by atoms with Gasteiger partial charge in [0, 0.05) is 18.2 Å². The first-order valence-corrected chi connectivity index (χ1v) is 6.83. The summed E-state index contributed by atoms with van der Waals surface area (Å²) in [5.74, 6) is -0.354. The number of nitrogens with two attached hydrogens (primary N) is 1. The van der Waals surface area contributed by atoms with Crippen molar-refractivity contribution >= 4 is 5.91 Å². The number of primary amides is 1. The summed E-state index contributed by atoms with van der Waals surface area (Å²) >= 11 is 0. The summed E-state index contributed by atoms with van der Waals surface area (Å²) in [6.07, 6.45) is 4.90. The first-order chi connectivity index (χ1) is 8.70. The zero-order chi connectivity index (χ0) is 13.0. The molecule has 98 valence electrons. The number of carbonyl (C=O) groups excluding carboxylic acids is 1. The standard InChI is InChI=1S/C15H22N2O/c1-2-4-14-11-17(14)10-3-5-12-6-8-13(9-7-12)15(16)18/h6-9,14H,2-5,10-11H2,1H3,(H2,16,18)/t14-,17?/m0/s1. The molecule has 2 N–H and O–H groups in total. The van der Waals surface area contributed by atoms with Crippen LogP contribution >= 0.6 is 0 Å². The Balaban J connectivity index is 1.69. The lowest BCUT2D eigenvalue weighted by atomic mass is 10.1. The van der Waals surface area contributed by atoms with E-state index in [9.17, 15) is 4.79 Å². The highest BCUT2D eigenvalue weighted by Gasteiger charge is 2.31. The predicted octanol–water partition coefficient (Wildman–Crippen LogP) is 2.20. The topological polar surface area (TPSA) is 46.1 Å². The normalized spacial score (nSPS) is 21.8. The van der Waals surface area contributed by atoms with Crippen molar-refractivity contribution < 1.29 is 4.79 Å². The number of amides is 1. The monoisotopic (exact) mass is 246 g/mol. The predicted molar refractivity (Wildman–Crippen MR) is 73.5 cm³/mol. The summed E-state index contributed by atoms with van der Waals surface area (Å²) in [5, 5.41) is 0. The zero-order valence-electron chi connectivity index (χ0n) is 11.1. The van der Waals surface area contributed by atoms with E-state index in [4.69, 9.17) is 5.73 Å². The van der Waals surface area contributed by atoms with Crippen molar-refractivity contribution in [3.8, 4) is 0 Å². The summed E-state index contributed by atoms with van der Waals surface area (Å²) in [5.41, 5.74) is 7.09. The van der Waals surface area contributed by atoms with Gasteiger partial charge in [-0.3, -0.25) is 9.69 Å². The number of hydrogen-bond acceptors (Lipinski definition) is 2. The van der Waals surface area contributed by atoms with E-state index in [0.717, 1.165) is 12.5 Å². The molecule has 2 atom stereocenters. The van der Waals surface area contributed by atoms with Gasteiger partial charge in [-0.15, -0.1) is 0 Å². The van der Waals surface area contributed by atoms with Gasteiger partial charge in [0.15, 0.2) is 0 Å². The zero-order valence-corrected chi connectivity index (χ0v) is 11.1. The van der Waals surface area contributed by atoms with Crippen molar-refractivity contribution in [2.75, 3.05) is 13.1 Å². The van der Waals surface area contributed by atoms with E-state index in [1.165, 1.54) is 37.9 Å². The molecule has 0 saturated carbocycles. The Morgan fingerprint density at radius 3 is 2.72 bits per heavy atom. The van der Waals surface area contributed by atoms with E-state index in [-0.39, 0.29) is 5.91 Å². The minimum Gasteiger partial charge on any atom is -0.366 e. The molecule has 0 aliphatic carbocycles. The van der Waals surface area contributed by atoms with Crippen LogP contribution < -0.4 is 5.73 Å². The molecule has 0 bridgehead atoms. The van der Waals surface area contributed by atoms with Gasteiger partial charge in [0.05, 0.1) is 0 Å². The maximum absolute atomic E-state index is 10.9. The fourth-order valence-electron chi connectivity index (χ4n) is 2.43. The summed E-state index contributed by atoms with van der Waals surface area (Å²) < 4.78 is 0. The van der Waals surface area contributed by atoms with Crippen LogP contribution in [0.5, 0.6) is 0 Å². The van der Waals surface area contributed by atoms with Crippen LogP contribution in [0.1, 0.15) is 42.1 Å². The summed E-state index contributed by atoms with van der Waals surface area (Å²) in [7, 11) is 0. The molecular weight excluding hydrogens is 224 g/mol. The van der Waals surface area contributed by atoms with Crippen molar-refractivity contribution in [1.29, 1.82) is 0 Å². The lowest BCUT2D eigenvalue weighted by molar-refractivity contribution is 0.100. The van der Waals surface area contributed by atoms with E-state index >= 15 is 0 Å². The summed E-state index contributed by atoms with van der Waals surface area (Å²) in [6.45, 7) is 4.73. The van der Waals surface area contributed by atoms with Gasteiger partial charge in [0.25, 0.3) is 0 Å². The Hall–Kier alpha value is -1.35. The van der Waals surface area contributed by atoms with Crippen molar-refractivity contribution in [3.05, 3.63) is 35.4 Å². The lowest BCUT2D eigenvalue weighted by Crippen LogP contribution is -2.10. The second kappa shape index (κ2) is 6.01. The van der Waals surface area contributed by atoms with Gasteiger partial charge in [-0.25, -0.2) is 0 Å². The van der Waals surface area contributed by atoms with Gasteiger partial charge in [-0.2, -0.15) is 0 Å². The lowest BCUT2D eigenvalue weighted by Gasteiger charge is -2.04. The van der Waals surface area contributed by atoms with E-state index in [2.05, 4.69) is 11.8 Å². The highest BCUT2D eigenvalue weighted by atomic mass is 16.1. The maximum Gasteiger partial charge on any atom is 0.248 e. The maximum atomic E-state index is 10.9. The Morgan fingerprint density at radius 2 is 2.11 bits per heavy atom. The molecule has 1 heterocycles. The Morgan fingerprint density at radius 1 is 1.39 bits per heavy atom. The molecule has 1 aliphatic rings. The molecule has 1 saturated heterocycles. The van der Waals surface area contributed by atoms with E-state index in [1.54, 1.807) is 0 Å². The van der Waals surface area contributed by atoms with Crippen LogP contribution in [0.25, 0.3) is 0 Å². The van der Waals surface area contributed by atoms with Crippen LogP contribution in [-0.2, 0) is 6.42 Å².